The molecule has 0 aromatic rings. The molecule has 0 aromatic carbocycles. The molecule has 0 heterocycles. The third-order valence-corrected chi connectivity index (χ3v) is 1.97. The molecule has 0 radical (unpaired) electrons. The molecular formula is C9H11F3. The standard InChI is InChI=1S/C9H11F3/c1-2-7-4-3-5-8(6-7)9(10,11)12/h3-4,6,8H,2,5H2,1H3. The van der Waals surface area contributed by atoms with Crippen molar-refractivity contribution in [2.45, 2.75) is 25.9 Å². The average molecular weight is 176 g/mol. The van der Waals surface area contributed by atoms with E-state index in [1.807, 2.05) is 6.92 Å². The first-order valence-electron chi connectivity index (χ1n) is 3.98. The summed E-state index contributed by atoms with van der Waals surface area (Å²) in [6.07, 6.45) is 1.36. The van der Waals surface area contributed by atoms with Crippen molar-refractivity contribution in [3.8, 4) is 0 Å². The summed E-state index contributed by atoms with van der Waals surface area (Å²) in [5, 5.41) is 0. The predicted octanol–water partition coefficient (Wildman–Crippen LogP) is 3.46. The first-order valence-corrected chi connectivity index (χ1v) is 3.98. The zero-order chi connectivity index (χ0) is 9.19. The Hall–Kier alpha value is -0.730. The number of allylic oxidation sites excluding steroid dienone is 4. The number of hydrogen-bond acceptors (Lipinski definition) is 0. The molecule has 0 amide bonds. The molecule has 0 bridgehead atoms. The molecule has 0 spiro atoms. The quantitative estimate of drug-likeness (QED) is 0.574. The minimum absolute atomic E-state index is 0.0903. The van der Waals surface area contributed by atoms with Crippen molar-refractivity contribution >= 4 is 0 Å². The molecule has 0 fully saturated rings. The molecule has 0 N–H and O–H groups in total. The van der Waals surface area contributed by atoms with Gasteiger partial charge in [-0.2, -0.15) is 13.2 Å². The van der Waals surface area contributed by atoms with Gasteiger partial charge < -0.3 is 0 Å². The van der Waals surface area contributed by atoms with E-state index in [2.05, 4.69) is 0 Å². The van der Waals surface area contributed by atoms with Crippen molar-refractivity contribution in [3.05, 3.63) is 23.8 Å². The van der Waals surface area contributed by atoms with E-state index in [1.54, 1.807) is 12.2 Å². The van der Waals surface area contributed by atoms with Crippen LogP contribution in [-0.4, -0.2) is 6.18 Å². The van der Waals surface area contributed by atoms with Crippen LogP contribution in [0.25, 0.3) is 0 Å². The SMILES string of the molecule is CCC1=CC(C(F)(F)F)CC=C1. The van der Waals surface area contributed by atoms with E-state index in [-0.39, 0.29) is 6.42 Å². The van der Waals surface area contributed by atoms with Gasteiger partial charge in [0.15, 0.2) is 0 Å². The predicted molar refractivity (Wildman–Crippen MR) is 41.7 cm³/mol. The summed E-state index contributed by atoms with van der Waals surface area (Å²) in [6, 6.07) is 0. The largest absolute Gasteiger partial charge is 0.395 e. The normalized spacial score (nSPS) is 24.0. The highest BCUT2D eigenvalue weighted by atomic mass is 19.4. The van der Waals surface area contributed by atoms with E-state index in [9.17, 15) is 13.2 Å². The maximum Gasteiger partial charge on any atom is 0.395 e. The lowest BCUT2D eigenvalue weighted by atomic mass is 9.95. The van der Waals surface area contributed by atoms with Gasteiger partial charge in [0.1, 0.15) is 0 Å². The number of rotatable bonds is 1. The van der Waals surface area contributed by atoms with Gasteiger partial charge in [-0.1, -0.05) is 30.7 Å². The summed E-state index contributed by atoms with van der Waals surface area (Å²) in [7, 11) is 0. The molecular weight excluding hydrogens is 165 g/mol. The van der Waals surface area contributed by atoms with E-state index in [1.165, 1.54) is 6.08 Å². The Kier molecular flexibility index (Phi) is 2.60. The Morgan fingerprint density at radius 2 is 2.17 bits per heavy atom. The smallest absolute Gasteiger partial charge is 0.170 e. The van der Waals surface area contributed by atoms with Crippen LogP contribution in [0.15, 0.2) is 23.8 Å². The van der Waals surface area contributed by atoms with Gasteiger partial charge in [-0.05, 0) is 12.8 Å². The highest BCUT2D eigenvalue weighted by Gasteiger charge is 2.37. The summed E-state index contributed by atoms with van der Waals surface area (Å²) < 4.78 is 36.5. The molecule has 0 aromatic heterocycles. The van der Waals surface area contributed by atoms with E-state index < -0.39 is 12.1 Å². The van der Waals surface area contributed by atoms with E-state index >= 15 is 0 Å². The van der Waals surface area contributed by atoms with Crippen molar-refractivity contribution in [3.63, 3.8) is 0 Å². The van der Waals surface area contributed by atoms with E-state index in [0.29, 0.717) is 6.42 Å². The van der Waals surface area contributed by atoms with Crippen LogP contribution in [0.3, 0.4) is 0 Å². The maximum atomic E-state index is 12.2. The second kappa shape index (κ2) is 3.33. The minimum atomic E-state index is -4.08. The summed E-state index contributed by atoms with van der Waals surface area (Å²) in [5.74, 6) is -1.27. The second-order valence-corrected chi connectivity index (χ2v) is 2.88. The van der Waals surface area contributed by atoms with Crippen LogP contribution in [0, 0.1) is 5.92 Å². The molecule has 0 nitrogen and oxygen atoms in total. The fourth-order valence-corrected chi connectivity index (χ4v) is 1.21. The van der Waals surface area contributed by atoms with Gasteiger partial charge in [-0.3, -0.25) is 0 Å². The lowest BCUT2D eigenvalue weighted by Crippen LogP contribution is -2.21. The average Bonchev–Trinajstić information content (AvgIpc) is 2.03. The lowest BCUT2D eigenvalue weighted by molar-refractivity contribution is -0.160. The fourth-order valence-electron chi connectivity index (χ4n) is 1.21. The second-order valence-electron chi connectivity index (χ2n) is 2.88. The van der Waals surface area contributed by atoms with E-state index in [0.717, 1.165) is 5.57 Å². The van der Waals surface area contributed by atoms with Crippen molar-refractivity contribution in [1.82, 2.24) is 0 Å². The molecule has 3 heteroatoms. The van der Waals surface area contributed by atoms with Gasteiger partial charge >= 0.3 is 6.18 Å². The maximum absolute atomic E-state index is 12.2. The van der Waals surface area contributed by atoms with Crippen molar-refractivity contribution in [1.29, 1.82) is 0 Å². The molecule has 1 atom stereocenters. The Labute approximate surface area is 69.8 Å². The third kappa shape index (κ3) is 2.13. The van der Waals surface area contributed by atoms with Gasteiger partial charge in [0.05, 0.1) is 5.92 Å². The van der Waals surface area contributed by atoms with Crippen LogP contribution in [0.5, 0.6) is 0 Å². The minimum Gasteiger partial charge on any atom is -0.170 e. The Morgan fingerprint density at radius 1 is 1.50 bits per heavy atom. The van der Waals surface area contributed by atoms with Crippen LogP contribution in [-0.2, 0) is 0 Å². The topological polar surface area (TPSA) is 0 Å². The summed E-state index contributed by atoms with van der Waals surface area (Å²) in [4.78, 5) is 0. The van der Waals surface area contributed by atoms with Crippen LogP contribution >= 0.6 is 0 Å². The molecule has 0 saturated carbocycles. The molecule has 1 aliphatic rings. The van der Waals surface area contributed by atoms with Gasteiger partial charge in [-0.15, -0.1) is 0 Å². The zero-order valence-electron chi connectivity index (χ0n) is 6.86. The summed E-state index contributed by atoms with van der Waals surface area (Å²) in [6.45, 7) is 1.86. The van der Waals surface area contributed by atoms with Crippen LogP contribution in [0.2, 0.25) is 0 Å². The van der Waals surface area contributed by atoms with Crippen molar-refractivity contribution < 1.29 is 13.2 Å². The molecule has 12 heavy (non-hydrogen) atoms. The molecule has 68 valence electrons. The van der Waals surface area contributed by atoms with Gasteiger partial charge in [0, 0.05) is 0 Å². The van der Waals surface area contributed by atoms with Gasteiger partial charge in [-0.25, -0.2) is 0 Å². The molecule has 1 aliphatic carbocycles. The van der Waals surface area contributed by atoms with Gasteiger partial charge in [0.25, 0.3) is 0 Å². The molecule has 0 saturated heterocycles. The summed E-state index contributed by atoms with van der Waals surface area (Å²) in [5.41, 5.74) is 0.781. The monoisotopic (exact) mass is 176 g/mol. The van der Waals surface area contributed by atoms with Crippen molar-refractivity contribution in [2.75, 3.05) is 0 Å². The van der Waals surface area contributed by atoms with Crippen molar-refractivity contribution in [2.24, 2.45) is 5.92 Å². The first kappa shape index (κ1) is 9.36. The third-order valence-electron chi connectivity index (χ3n) is 1.97. The zero-order valence-corrected chi connectivity index (χ0v) is 6.86. The molecule has 1 rings (SSSR count). The first-order chi connectivity index (χ1) is 5.54. The summed E-state index contributed by atoms with van der Waals surface area (Å²) >= 11 is 0. The molecule has 1 unspecified atom stereocenters. The number of hydrogen-bond donors (Lipinski definition) is 0. The Morgan fingerprint density at radius 3 is 2.67 bits per heavy atom. The highest BCUT2D eigenvalue weighted by Crippen LogP contribution is 2.33. The van der Waals surface area contributed by atoms with Crippen LogP contribution in [0.1, 0.15) is 19.8 Å². The molecule has 0 aliphatic heterocycles. The fraction of sp³-hybridized carbons (Fsp3) is 0.556. The highest BCUT2D eigenvalue weighted by molar-refractivity contribution is 5.24. The van der Waals surface area contributed by atoms with E-state index in [4.69, 9.17) is 0 Å². The van der Waals surface area contributed by atoms with Crippen LogP contribution in [0.4, 0.5) is 13.2 Å². The number of alkyl halides is 3. The Bertz CT molecular complexity index is 210. The Balaban J connectivity index is 2.72. The van der Waals surface area contributed by atoms with Gasteiger partial charge in [0.2, 0.25) is 0 Å². The number of halogens is 3. The van der Waals surface area contributed by atoms with Crippen LogP contribution < -0.4 is 0 Å². The lowest BCUT2D eigenvalue weighted by Gasteiger charge is -2.18.